The lowest BCUT2D eigenvalue weighted by Crippen LogP contribution is -2.30. The predicted molar refractivity (Wildman–Crippen MR) is 79.8 cm³/mol. The Morgan fingerprint density at radius 1 is 1.30 bits per heavy atom. The highest BCUT2D eigenvalue weighted by Gasteiger charge is 2.08. The molecule has 1 heterocycles. The van der Waals surface area contributed by atoms with Crippen molar-refractivity contribution in [2.45, 2.75) is 33.4 Å². The molecule has 2 rings (SSSR count). The molecule has 0 atom stereocenters. The Morgan fingerprint density at radius 3 is 2.75 bits per heavy atom. The van der Waals surface area contributed by atoms with Crippen LogP contribution in [0.3, 0.4) is 0 Å². The summed E-state index contributed by atoms with van der Waals surface area (Å²) in [6.45, 7) is 6.50. The molecular weight excluding hydrogens is 252 g/mol. The minimum atomic E-state index is -0.0576. The number of carbonyl (C=O) groups excluding carboxylic acids is 1. The smallest absolute Gasteiger partial charge is 0.251 e. The molecule has 2 N–H and O–H groups in total. The van der Waals surface area contributed by atoms with Crippen molar-refractivity contribution < 1.29 is 9.21 Å². The summed E-state index contributed by atoms with van der Waals surface area (Å²) in [4.78, 5) is 11.9. The fourth-order valence-electron chi connectivity index (χ4n) is 1.88. The van der Waals surface area contributed by atoms with Gasteiger partial charge in [-0.05, 0) is 50.6 Å². The molecule has 4 heteroatoms. The lowest BCUT2D eigenvalue weighted by atomic mass is 10.1. The van der Waals surface area contributed by atoms with Crippen molar-refractivity contribution in [1.29, 1.82) is 0 Å². The maximum Gasteiger partial charge on any atom is 0.251 e. The zero-order chi connectivity index (χ0) is 14.5. The standard InChI is InChI=1S/C16H20N2O2/c1-11(2)18-16(19)13-5-4-6-14(9-13)17-10-15-12(3)7-8-20-15/h4-9,11,17H,10H2,1-3H3,(H,18,19). The van der Waals surface area contributed by atoms with E-state index >= 15 is 0 Å². The van der Waals surface area contributed by atoms with E-state index in [1.165, 1.54) is 0 Å². The van der Waals surface area contributed by atoms with Crippen LogP contribution in [-0.4, -0.2) is 11.9 Å². The van der Waals surface area contributed by atoms with Crippen LogP contribution in [0.15, 0.2) is 41.0 Å². The maximum atomic E-state index is 11.9. The minimum absolute atomic E-state index is 0.0576. The average molecular weight is 272 g/mol. The van der Waals surface area contributed by atoms with E-state index in [4.69, 9.17) is 4.42 Å². The summed E-state index contributed by atoms with van der Waals surface area (Å²) in [5, 5.41) is 6.14. The number of anilines is 1. The molecule has 2 aromatic rings. The van der Waals surface area contributed by atoms with Gasteiger partial charge in [0.25, 0.3) is 5.91 Å². The molecule has 0 bridgehead atoms. The highest BCUT2D eigenvalue weighted by atomic mass is 16.3. The molecule has 4 nitrogen and oxygen atoms in total. The van der Waals surface area contributed by atoms with Crippen molar-refractivity contribution in [3.05, 3.63) is 53.5 Å². The Morgan fingerprint density at radius 2 is 2.10 bits per heavy atom. The molecule has 1 aromatic carbocycles. The molecule has 20 heavy (non-hydrogen) atoms. The summed E-state index contributed by atoms with van der Waals surface area (Å²) in [6, 6.07) is 9.52. The zero-order valence-electron chi connectivity index (χ0n) is 12.1. The van der Waals surface area contributed by atoms with Gasteiger partial charge < -0.3 is 15.1 Å². The fourth-order valence-corrected chi connectivity index (χ4v) is 1.88. The summed E-state index contributed by atoms with van der Waals surface area (Å²) in [5.74, 6) is 0.847. The van der Waals surface area contributed by atoms with Gasteiger partial charge in [0.15, 0.2) is 0 Å². The Bertz CT molecular complexity index is 588. The van der Waals surface area contributed by atoms with Crippen molar-refractivity contribution in [1.82, 2.24) is 5.32 Å². The van der Waals surface area contributed by atoms with Crippen LogP contribution in [0.2, 0.25) is 0 Å². The van der Waals surface area contributed by atoms with Gasteiger partial charge in [0, 0.05) is 17.3 Å². The molecule has 0 saturated heterocycles. The lowest BCUT2D eigenvalue weighted by Gasteiger charge is -2.10. The van der Waals surface area contributed by atoms with Crippen molar-refractivity contribution in [3.8, 4) is 0 Å². The van der Waals surface area contributed by atoms with Crippen LogP contribution in [0, 0.1) is 6.92 Å². The van der Waals surface area contributed by atoms with E-state index in [-0.39, 0.29) is 11.9 Å². The molecule has 0 unspecified atom stereocenters. The number of furan rings is 1. The minimum Gasteiger partial charge on any atom is -0.467 e. The summed E-state index contributed by atoms with van der Waals surface area (Å²) in [5.41, 5.74) is 2.67. The van der Waals surface area contributed by atoms with Gasteiger partial charge in [-0.15, -0.1) is 0 Å². The molecule has 0 aliphatic carbocycles. The van der Waals surface area contributed by atoms with Gasteiger partial charge >= 0.3 is 0 Å². The fraction of sp³-hybridized carbons (Fsp3) is 0.312. The van der Waals surface area contributed by atoms with Crippen molar-refractivity contribution in [3.63, 3.8) is 0 Å². The number of amides is 1. The Balaban J connectivity index is 2.02. The van der Waals surface area contributed by atoms with Crippen LogP contribution in [0.5, 0.6) is 0 Å². The van der Waals surface area contributed by atoms with Gasteiger partial charge in [-0.2, -0.15) is 0 Å². The normalized spacial score (nSPS) is 10.6. The number of hydrogen-bond acceptors (Lipinski definition) is 3. The first kappa shape index (κ1) is 14.2. The van der Waals surface area contributed by atoms with Crippen LogP contribution in [0.25, 0.3) is 0 Å². The third kappa shape index (κ3) is 3.63. The van der Waals surface area contributed by atoms with E-state index in [1.54, 1.807) is 12.3 Å². The van der Waals surface area contributed by atoms with Crippen LogP contribution >= 0.6 is 0 Å². The van der Waals surface area contributed by atoms with Gasteiger partial charge in [-0.1, -0.05) is 6.07 Å². The number of aryl methyl sites for hydroxylation is 1. The molecule has 0 spiro atoms. The third-order valence-electron chi connectivity index (χ3n) is 2.97. The third-order valence-corrected chi connectivity index (χ3v) is 2.97. The Hall–Kier alpha value is -2.23. The van der Waals surface area contributed by atoms with E-state index in [0.717, 1.165) is 17.0 Å². The molecule has 1 aromatic heterocycles. The van der Waals surface area contributed by atoms with E-state index in [2.05, 4.69) is 10.6 Å². The number of nitrogens with one attached hydrogen (secondary N) is 2. The first-order valence-corrected chi connectivity index (χ1v) is 6.74. The van der Waals surface area contributed by atoms with Crippen molar-refractivity contribution in [2.24, 2.45) is 0 Å². The number of hydrogen-bond donors (Lipinski definition) is 2. The van der Waals surface area contributed by atoms with E-state index in [0.29, 0.717) is 12.1 Å². The average Bonchev–Trinajstić information content (AvgIpc) is 2.81. The van der Waals surface area contributed by atoms with Gasteiger partial charge in [-0.25, -0.2) is 0 Å². The van der Waals surface area contributed by atoms with Gasteiger partial charge in [0.1, 0.15) is 5.76 Å². The quantitative estimate of drug-likeness (QED) is 0.877. The molecular formula is C16H20N2O2. The Labute approximate surface area is 119 Å². The number of carbonyl (C=O) groups is 1. The first-order valence-electron chi connectivity index (χ1n) is 6.74. The van der Waals surface area contributed by atoms with Crippen molar-refractivity contribution in [2.75, 3.05) is 5.32 Å². The zero-order valence-corrected chi connectivity index (χ0v) is 12.1. The van der Waals surface area contributed by atoms with Crippen LogP contribution < -0.4 is 10.6 Å². The SMILES string of the molecule is Cc1ccoc1CNc1cccc(C(=O)NC(C)C)c1. The molecule has 1 amide bonds. The highest BCUT2D eigenvalue weighted by molar-refractivity contribution is 5.95. The molecule has 106 valence electrons. The van der Waals surface area contributed by atoms with Gasteiger partial charge in [-0.3, -0.25) is 4.79 Å². The molecule has 0 saturated carbocycles. The van der Waals surface area contributed by atoms with Crippen LogP contribution in [-0.2, 0) is 6.54 Å². The number of rotatable bonds is 5. The molecule has 0 aliphatic rings. The van der Waals surface area contributed by atoms with E-state index in [1.807, 2.05) is 45.0 Å². The lowest BCUT2D eigenvalue weighted by molar-refractivity contribution is 0.0943. The summed E-state index contributed by atoms with van der Waals surface area (Å²) in [6.07, 6.45) is 1.68. The second kappa shape index (κ2) is 6.28. The monoisotopic (exact) mass is 272 g/mol. The highest BCUT2D eigenvalue weighted by Crippen LogP contribution is 2.14. The number of benzene rings is 1. The van der Waals surface area contributed by atoms with Crippen LogP contribution in [0.4, 0.5) is 5.69 Å². The molecule has 0 fully saturated rings. The first-order chi connectivity index (χ1) is 9.56. The summed E-state index contributed by atoms with van der Waals surface area (Å²) < 4.78 is 5.37. The van der Waals surface area contributed by atoms with Gasteiger partial charge in [0.05, 0.1) is 12.8 Å². The Kier molecular flexibility index (Phi) is 4.45. The second-order valence-corrected chi connectivity index (χ2v) is 5.09. The van der Waals surface area contributed by atoms with Crippen LogP contribution in [0.1, 0.15) is 35.5 Å². The topological polar surface area (TPSA) is 54.3 Å². The van der Waals surface area contributed by atoms with E-state index in [9.17, 15) is 4.79 Å². The molecule has 0 aliphatic heterocycles. The summed E-state index contributed by atoms with van der Waals surface area (Å²) >= 11 is 0. The van der Waals surface area contributed by atoms with Crippen molar-refractivity contribution >= 4 is 11.6 Å². The summed E-state index contributed by atoms with van der Waals surface area (Å²) in [7, 11) is 0. The maximum absolute atomic E-state index is 11.9. The molecule has 0 radical (unpaired) electrons. The predicted octanol–water partition coefficient (Wildman–Crippen LogP) is 3.34. The van der Waals surface area contributed by atoms with E-state index < -0.39 is 0 Å². The van der Waals surface area contributed by atoms with Gasteiger partial charge in [0.2, 0.25) is 0 Å². The largest absolute Gasteiger partial charge is 0.467 e. The second-order valence-electron chi connectivity index (χ2n) is 5.09.